The maximum absolute atomic E-state index is 11.8. The lowest BCUT2D eigenvalue weighted by atomic mass is 9.73. The Balaban J connectivity index is 1.48. The average Bonchev–Trinajstić information content (AvgIpc) is 3.17. The van der Waals surface area contributed by atoms with Crippen LogP contribution < -0.4 is 16.0 Å². The summed E-state index contributed by atoms with van der Waals surface area (Å²) < 4.78 is 2.12. The summed E-state index contributed by atoms with van der Waals surface area (Å²) in [6.45, 7) is 9.71. The van der Waals surface area contributed by atoms with Gasteiger partial charge in [-0.3, -0.25) is 4.79 Å². The maximum atomic E-state index is 11.8. The monoisotopic (exact) mass is 422 g/mol. The molecule has 0 aromatic carbocycles. The molecule has 0 unspecified atom stereocenters. The van der Waals surface area contributed by atoms with E-state index in [0.29, 0.717) is 23.6 Å². The van der Waals surface area contributed by atoms with E-state index in [1.165, 1.54) is 0 Å². The second kappa shape index (κ2) is 8.13. The quantitative estimate of drug-likeness (QED) is 0.626. The first-order valence-corrected chi connectivity index (χ1v) is 10.7. The molecule has 1 aliphatic heterocycles. The van der Waals surface area contributed by atoms with Crippen LogP contribution in [0.5, 0.6) is 0 Å². The van der Waals surface area contributed by atoms with Crippen LogP contribution in [0.15, 0.2) is 30.9 Å². The van der Waals surface area contributed by atoms with Crippen LogP contribution in [-0.4, -0.2) is 43.5 Å². The standard InChI is InChI=1S/C22H30N8O/c1-14(2)30-13-26-16-12-25-19(11-17(16)30)27-18-5-8-24-21(28-18)29-9-6-15(7-10-29)22(3,4)20(23)31/h5,8,11-15H,6-7,9-10H2,1-4H3,(H2,23,31)(H,24,25,27,28). The van der Waals surface area contributed by atoms with Gasteiger partial charge in [-0.05, 0) is 38.7 Å². The van der Waals surface area contributed by atoms with Gasteiger partial charge >= 0.3 is 0 Å². The Bertz CT molecular complexity index is 1080. The zero-order valence-electron chi connectivity index (χ0n) is 18.5. The molecule has 0 bridgehead atoms. The third kappa shape index (κ3) is 4.17. The van der Waals surface area contributed by atoms with E-state index in [4.69, 9.17) is 5.73 Å². The van der Waals surface area contributed by atoms with Gasteiger partial charge < -0.3 is 20.5 Å². The van der Waals surface area contributed by atoms with Gasteiger partial charge in [-0.15, -0.1) is 0 Å². The van der Waals surface area contributed by atoms with E-state index in [0.717, 1.165) is 37.0 Å². The number of aromatic nitrogens is 5. The number of hydrogen-bond acceptors (Lipinski definition) is 7. The Morgan fingerprint density at radius 2 is 1.94 bits per heavy atom. The number of fused-ring (bicyclic) bond motifs is 1. The van der Waals surface area contributed by atoms with E-state index in [-0.39, 0.29) is 11.8 Å². The number of anilines is 3. The topological polar surface area (TPSA) is 115 Å². The van der Waals surface area contributed by atoms with Crippen LogP contribution in [0, 0.1) is 11.3 Å². The van der Waals surface area contributed by atoms with Gasteiger partial charge in [0.1, 0.15) is 17.2 Å². The van der Waals surface area contributed by atoms with Crippen molar-refractivity contribution in [3.05, 3.63) is 30.9 Å². The molecule has 164 valence electrons. The molecule has 9 heteroatoms. The lowest BCUT2D eigenvalue weighted by Crippen LogP contribution is -2.45. The van der Waals surface area contributed by atoms with Crippen molar-refractivity contribution < 1.29 is 4.79 Å². The molecule has 9 nitrogen and oxygen atoms in total. The van der Waals surface area contributed by atoms with E-state index in [1.807, 2.05) is 32.3 Å². The third-order valence-corrected chi connectivity index (χ3v) is 6.35. The van der Waals surface area contributed by atoms with Crippen molar-refractivity contribution >= 4 is 34.5 Å². The Morgan fingerprint density at radius 3 is 2.61 bits per heavy atom. The minimum atomic E-state index is -0.497. The Morgan fingerprint density at radius 1 is 1.19 bits per heavy atom. The van der Waals surface area contributed by atoms with E-state index < -0.39 is 5.41 Å². The second-order valence-electron chi connectivity index (χ2n) is 9.02. The number of nitrogens with two attached hydrogens (primary N) is 1. The summed E-state index contributed by atoms with van der Waals surface area (Å²) in [4.78, 5) is 32.0. The number of hydrogen-bond donors (Lipinski definition) is 2. The maximum Gasteiger partial charge on any atom is 0.227 e. The first-order valence-electron chi connectivity index (χ1n) is 10.7. The zero-order valence-corrected chi connectivity index (χ0v) is 18.5. The number of carbonyl (C=O) groups excluding carboxylic acids is 1. The number of imidazole rings is 1. The Labute approximate surface area is 182 Å². The molecule has 1 fully saturated rings. The summed E-state index contributed by atoms with van der Waals surface area (Å²) in [5.74, 6) is 2.10. The van der Waals surface area contributed by atoms with E-state index in [2.05, 4.69) is 48.6 Å². The smallest absolute Gasteiger partial charge is 0.227 e. The van der Waals surface area contributed by atoms with Crippen molar-refractivity contribution in [2.24, 2.45) is 17.1 Å². The molecule has 3 aromatic rings. The average molecular weight is 423 g/mol. The van der Waals surface area contributed by atoms with Crippen molar-refractivity contribution in [1.82, 2.24) is 24.5 Å². The van der Waals surface area contributed by atoms with Crippen LogP contribution in [0.3, 0.4) is 0 Å². The molecule has 0 aliphatic carbocycles. The Hall–Kier alpha value is -3.23. The minimum absolute atomic E-state index is 0.239. The van der Waals surface area contributed by atoms with Crippen molar-refractivity contribution in [3.63, 3.8) is 0 Å². The van der Waals surface area contributed by atoms with Crippen LogP contribution in [-0.2, 0) is 4.79 Å². The fourth-order valence-corrected chi connectivity index (χ4v) is 4.11. The number of piperidine rings is 1. The predicted octanol–water partition coefficient (Wildman–Crippen LogP) is 3.27. The summed E-state index contributed by atoms with van der Waals surface area (Å²) in [5.41, 5.74) is 6.99. The molecule has 0 spiro atoms. The van der Waals surface area contributed by atoms with Crippen molar-refractivity contribution in [2.75, 3.05) is 23.3 Å². The van der Waals surface area contributed by atoms with Crippen LogP contribution in [0.25, 0.3) is 11.0 Å². The molecular formula is C22H30N8O. The van der Waals surface area contributed by atoms with Gasteiger partial charge in [-0.2, -0.15) is 4.98 Å². The lowest BCUT2D eigenvalue weighted by Gasteiger charge is -2.38. The van der Waals surface area contributed by atoms with Crippen molar-refractivity contribution in [3.8, 4) is 0 Å². The fraction of sp³-hybridized carbons (Fsp3) is 0.500. The van der Waals surface area contributed by atoms with Gasteiger partial charge in [0, 0.05) is 36.8 Å². The van der Waals surface area contributed by atoms with Gasteiger partial charge in [0.25, 0.3) is 0 Å². The van der Waals surface area contributed by atoms with E-state index >= 15 is 0 Å². The summed E-state index contributed by atoms with van der Waals surface area (Å²) in [6, 6.07) is 4.13. The number of rotatable bonds is 6. The number of carbonyl (C=O) groups is 1. The van der Waals surface area contributed by atoms with Gasteiger partial charge in [-0.1, -0.05) is 13.8 Å². The zero-order chi connectivity index (χ0) is 22.2. The van der Waals surface area contributed by atoms with Crippen LogP contribution in [0.1, 0.15) is 46.6 Å². The van der Waals surface area contributed by atoms with Gasteiger partial charge in [0.15, 0.2) is 0 Å². The highest BCUT2D eigenvalue weighted by Crippen LogP contribution is 2.35. The molecule has 0 radical (unpaired) electrons. The number of amides is 1. The highest BCUT2D eigenvalue weighted by Gasteiger charge is 2.37. The highest BCUT2D eigenvalue weighted by atomic mass is 16.1. The molecule has 3 N–H and O–H groups in total. The highest BCUT2D eigenvalue weighted by molar-refractivity contribution is 5.80. The minimum Gasteiger partial charge on any atom is -0.369 e. The molecular weight excluding hydrogens is 392 g/mol. The molecule has 1 amide bonds. The molecule has 1 aliphatic rings. The Kier molecular flexibility index (Phi) is 5.51. The van der Waals surface area contributed by atoms with Gasteiger partial charge in [-0.25, -0.2) is 15.0 Å². The molecule has 4 rings (SSSR count). The first-order chi connectivity index (χ1) is 14.8. The molecule has 3 aromatic heterocycles. The van der Waals surface area contributed by atoms with E-state index in [1.54, 1.807) is 12.4 Å². The van der Waals surface area contributed by atoms with Crippen LogP contribution >= 0.6 is 0 Å². The second-order valence-corrected chi connectivity index (χ2v) is 9.02. The first kappa shape index (κ1) is 21.0. The number of primary amides is 1. The van der Waals surface area contributed by atoms with Crippen LogP contribution in [0.2, 0.25) is 0 Å². The molecule has 0 atom stereocenters. The third-order valence-electron chi connectivity index (χ3n) is 6.35. The predicted molar refractivity (Wildman–Crippen MR) is 121 cm³/mol. The van der Waals surface area contributed by atoms with Crippen molar-refractivity contribution in [1.29, 1.82) is 0 Å². The molecule has 4 heterocycles. The molecule has 1 saturated heterocycles. The number of nitrogens with zero attached hydrogens (tertiary/aromatic N) is 6. The fourth-order valence-electron chi connectivity index (χ4n) is 4.11. The number of pyridine rings is 1. The van der Waals surface area contributed by atoms with Crippen molar-refractivity contribution in [2.45, 2.75) is 46.6 Å². The molecule has 0 saturated carbocycles. The lowest BCUT2D eigenvalue weighted by molar-refractivity contribution is -0.129. The normalized spacial score (nSPS) is 15.6. The summed E-state index contributed by atoms with van der Waals surface area (Å²) >= 11 is 0. The summed E-state index contributed by atoms with van der Waals surface area (Å²) in [6.07, 6.45) is 7.13. The number of nitrogens with one attached hydrogen (secondary N) is 1. The van der Waals surface area contributed by atoms with Gasteiger partial charge in [0.05, 0.1) is 18.0 Å². The van der Waals surface area contributed by atoms with Crippen LogP contribution in [0.4, 0.5) is 17.6 Å². The molecule has 31 heavy (non-hydrogen) atoms. The van der Waals surface area contributed by atoms with E-state index in [9.17, 15) is 4.79 Å². The summed E-state index contributed by atoms with van der Waals surface area (Å²) in [7, 11) is 0. The van der Waals surface area contributed by atoms with Gasteiger partial charge in [0.2, 0.25) is 11.9 Å². The SMILES string of the molecule is CC(C)n1cnc2cnc(Nc3ccnc(N4CCC(C(C)(C)C(N)=O)CC4)n3)cc21. The summed E-state index contributed by atoms with van der Waals surface area (Å²) in [5, 5.41) is 3.29. The largest absolute Gasteiger partial charge is 0.369 e.